The summed E-state index contributed by atoms with van der Waals surface area (Å²) in [5.74, 6) is 0. The van der Waals surface area contributed by atoms with Crippen molar-refractivity contribution < 1.29 is 0 Å². The van der Waals surface area contributed by atoms with Crippen LogP contribution in [0.5, 0.6) is 0 Å². The molecule has 124 valence electrons. The Morgan fingerprint density at radius 1 is 0.870 bits per heavy atom. The molecular formula is C21H30N2. The third-order valence-electron chi connectivity index (χ3n) is 4.23. The second kappa shape index (κ2) is 9.36. The van der Waals surface area contributed by atoms with E-state index in [1.54, 1.807) is 0 Å². The Kier molecular flexibility index (Phi) is 7.15. The van der Waals surface area contributed by atoms with Gasteiger partial charge < -0.3 is 11.1 Å². The van der Waals surface area contributed by atoms with Crippen molar-refractivity contribution in [2.75, 3.05) is 11.9 Å². The average Bonchev–Trinajstić information content (AvgIpc) is 2.57. The van der Waals surface area contributed by atoms with Gasteiger partial charge in [0, 0.05) is 18.3 Å². The zero-order valence-corrected chi connectivity index (χ0v) is 14.5. The lowest BCUT2D eigenvalue weighted by Gasteiger charge is -2.11. The van der Waals surface area contributed by atoms with Gasteiger partial charge in [-0.3, -0.25) is 0 Å². The van der Waals surface area contributed by atoms with Crippen molar-refractivity contribution in [3.05, 3.63) is 65.2 Å². The van der Waals surface area contributed by atoms with Crippen LogP contribution in [0.25, 0.3) is 0 Å². The molecule has 0 heterocycles. The van der Waals surface area contributed by atoms with Gasteiger partial charge in [-0.25, -0.2) is 0 Å². The van der Waals surface area contributed by atoms with E-state index in [9.17, 15) is 0 Å². The third kappa shape index (κ3) is 5.72. The lowest BCUT2D eigenvalue weighted by atomic mass is 9.99. The summed E-state index contributed by atoms with van der Waals surface area (Å²) in [4.78, 5) is 0. The van der Waals surface area contributed by atoms with Crippen molar-refractivity contribution in [2.45, 2.75) is 52.0 Å². The number of anilines is 1. The fourth-order valence-corrected chi connectivity index (χ4v) is 2.75. The first-order valence-electron chi connectivity index (χ1n) is 8.90. The molecule has 2 heteroatoms. The van der Waals surface area contributed by atoms with Crippen LogP contribution >= 0.6 is 0 Å². The second-order valence-electron chi connectivity index (χ2n) is 6.29. The van der Waals surface area contributed by atoms with Gasteiger partial charge >= 0.3 is 0 Å². The first kappa shape index (κ1) is 17.6. The number of hydrogen-bond acceptors (Lipinski definition) is 2. The number of nitrogens with one attached hydrogen (secondary N) is 1. The van der Waals surface area contributed by atoms with Crippen LogP contribution in [0.1, 0.15) is 62.3 Å². The molecule has 0 spiro atoms. The van der Waals surface area contributed by atoms with E-state index in [-0.39, 0.29) is 6.04 Å². The first-order valence-corrected chi connectivity index (χ1v) is 8.90. The molecule has 2 aromatic carbocycles. The Labute approximate surface area is 141 Å². The van der Waals surface area contributed by atoms with Gasteiger partial charge in [-0.15, -0.1) is 0 Å². The minimum absolute atomic E-state index is 0.169. The fourth-order valence-electron chi connectivity index (χ4n) is 2.75. The summed E-state index contributed by atoms with van der Waals surface area (Å²) in [5.41, 5.74) is 11.3. The van der Waals surface area contributed by atoms with Crippen LogP contribution < -0.4 is 11.1 Å². The SMILES string of the molecule is CCCCNc1ccc(Cc2ccc(C(N)CCC)cc2)cc1. The molecule has 1 unspecified atom stereocenters. The maximum absolute atomic E-state index is 6.17. The largest absolute Gasteiger partial charge is 0.385 e. The number of hydrogen-bond donors (Lipinski definition) is 2. The Morgan fingerprint density at radius 2 is 1.48 bits per heavy atom. The molecule has 1 atom stereocenters. The Hall–Kier alpha value is -1.80. The topological polar surface area (TPSA) is 38.0 Å². The first-order chi connectivity index (χ1) is 11.2. The van der Waals surface area contributed by atoms with E-state index in [0.717, 1.165) is 25.8 Å². The molecule has 3 N–H and O–H groups in total. The lowest BCUT2D eigenvalue weighted by molar-refractivity contribution is 0.638. The molecule has 0 bridgehead atoms. The summed E-state index contributed by atoms with van der Waals surface area (Å²) in [6.07, 6.45) is 5.59. The van der Waals surface area contributed by atoms with Gasteiger partial charge in [0.2, 0.25) is 0 Å². The maximum Gasteiger partial charge on any atom is 0.0340 e. The minimum atomic E-state index is 0.169. The van der Waals surface area contributed by atoms with E-state index in [2.05, 4.69) is 67.7 Å². The van der Waals surface area contributed by atoms with Gasteiger partial charge in [0.1, 0.15) is 0 Å². The van der Waals surface area contributed by atoms with Crippen molar-refractivity contribution in [3.63, 3.8) is 0 Å². The quantitative estimate of drug-likeness (QED) is 0.618. The molecule has 0 aliphatic carbocycles. The van der Waals surface area contributed by atoms with Crippen LogP contribution in [-0.4, -0.2) is 6.54 Å². The smallest absolute Gasteiger partial charge is 0.0340 e. The van der Waals surface area contributed by atoms with E-state index < -0.39 is 0 Å². The molecule has 0 aliphatic rings. The summed E-state index contributed by atoms with van der Waals surface area (Å²) in [6.45, 7) is 5.44. The van der Waals surface area contributed by atoms with Gasteiger partial charge in [-0.1, -0.05) is 63.1 Å². The van der Waals surface area contributed by atoms with E-state index in [1.165, 1.54) is 35.2 Å². The van der Waals surface area contributed by atoms with Gasteiger partial charge in [0.05, 0.1) is 0 Å². The molecule has 0 saturated heterocycles. The van der Waals surface area contributed by atoms with E-state index in [0.29, 0.717) is 0 Å². The fraction of sp³-hybridized carbons (Fsp3) is 0.429. The molecule has 0 fully saturated rings. The predicted octanol–water partition coefficient (Wildman–Crippen LogP) is 5.29. The van der Waals surface area contributed by atoms with Crippen LogP contribution in [0.15, 0.2) is 48.5 Å². The van der Waals surface area contributed by atoms with Crippen LogP contribution in [-0.2, 0) is 6.42 Å². The number of benzene rings is 2. The summed E-state index contributed by atoms with van der Waals surface area (Å²) in [6, 6.07) is 17.7. The third-order valence-corrected chi connectivity index (χ3v) is 4.23. The van der Waals surface area contributed by atoms with Gasteiger partial charge in [-0.05, 0) is 48.1 Å². The van der Waals surface area contributed by atoms with Crippen LogP contribution in [0, 0.1) is 0 Å². The lowest BCUT2D eigenvalue weighted by Crippen LogP contribution is -2.09. The molecule has 0 saturated carbocycles. The van der Waals surface area contributed by atoms with Crippen molar-refractivity contribution in [1.29, 1.82) is 0 Å². The van der Waals surface area contributed by atoms with E-state index in [4.69, 9.17) is 5.73 Å². The highest BCUT2D eigenvalue weighted by Crippen LogP contribution is 2.18. The minimum Gasteiger partial charge on any atom is -0.385 e. The van der Waals surface area contributed by atoms with Crippen molar-refractivity contribution in [1.82, 2.24) is 0 Å². The zero-order chi connectivity index (χ0) is 16.5. The number of unbranched alkanes of at least 4 members (excludes halogenated alkanes) is 1. The van der Waals surface area contributed by atoms with E-state index >= 15 is 0 Å². The highest BCUT2D eigenvalue weighted by Gasteiger charge is 2.04. The highest BCUT2D eigenvalue weighted by molar-refractivity contribution is 5.45. The molecule has 0 radical (unpaired) electrons. The summed E-state index contributed by atoms with van der Waals surface area (Å²) >= 11 is 0. The monoisotopic (exact) mass is 310 g/mol. The Morgan fingerprint density at radius 3 is 2.04 bits per heavy atom. The summed E-state index contributed by atoms with van der Waals surface area (Å²) in [5, 5.41) is 3.45. The second-order valence-corrected chi connectivity index (χ2v) is 6.29. The molecule has 0 amide bonds. The van der Waals surface area contributed by atoms with Crippen LogP contribution in [0.3, 0.4) is 0 Å². The van der Waals surface area contributed by atoms with Crippen LogP contribution in [0.2, 0.25) is 0 Å². The Balaban J connectivity index is 1.91. The molecular weight excluding hydrogens is 280 g/mol. The Bertz CT molecular complexity index is 557. The maximum atomic E-state index is 6.17. The standard InChI is InChI=1S/C21H30N2/c1-3-5-15-23-20-13-9-18(10-14-20)16-17-7-11-19(12-8-17)21(22)6-4-2/h7-14,21,23H,3-6,15-16,22H2,1-2H3. The van der Waals surface area contributed by atoms with Gasteiger partial charge in [0.15, 0.2) is 0 Å². The van der Waals surface area contributed by atoms with Crippen molar-refractivity contribution in [2.24, 2.45) is 5.73 Å². The molecule has 0 aliphatic heterocycles. The summed E-state index contributed by atoms with van der Waals surface area (Å²) in [7, 11) is 0. The molecule has 23 heavy (non-hydrogen) atoms. The zero-order valence-electron chi connectivity index (χ0n) is 14.5. The molecule has 0 aromatic heterocycles. The van der Waals surface area contributed by atoms with Crippen molar-refractivity contribution >= 4 is 5.69 Å². The normalized spacial score (nSPS) is 12.1. The van der Waals surface area contributed by atoms with Crippen LogP contribution in [0.4, 0.5) is 5.69 Å². The molecule has 2 rings (SSSR count). The van der Waals surface area contributed by atoms with Gasteiger partial charge in [0.25, 0.3) is 0 Å². The molecule has 2 aromatic rings. The predicted molar refractivity (Wildman–Crippen MR) is 101 cm³/mol. The van der Waals surface area contributed by atoms with Crippen molar-refractivity contribution in [3.8, 4) is 0 Å². The molecule has 2 nitrogen and oxygen atoms in total. The number of nitrogens with two attached hydrogens (primary N) is 1. The average molecular weight is 310 g/mol. The number of rotatable bonds is 9. The van der Waals surface area contributed by atoms with Gasteiger partial charge in [-0.2, -0.15) is 0 Å². The van der Waals surface area contributed by atoms with E-state index in [1.807, 2.05) is 0 Å². The summed E-state index contributed by atoms with van der Waals surface area (Å²) < 4.78 is 0. The highest BCUT2D eigenvalue weighted by atomic mass is 14.9.